The zero-order valence-corrected chi connectivity index (χ0v) is 7.64. The number of halogens is 1. The van der Waals surface area contributed by atoms with E-state index in [0.29, 0.717) is 16.5 Å². The molecule has 0 atom stereocenters. The van der Waals surface area contributed by atoms with E-state index < -0.39 is 0 Å². The fraction of sp³-hybridized carbons (Fsp3) is 0.300. The lowest BCUT2D eigenvalue weighted by Crippen LogP contribution is -1.74. The van der Waals surface area contributed by atoms with Crippen LogP contribution < -0.4 is 0 Å². The Morgan fingerprint density at radius 2 is 2.31 bits per heavy atom. The predicted molar refractivity (Wildman–Crippen MR) is 49.8 cm³/mol. The number of hydrogen-bond acceptors (Lipinski definition) is 2. The Bertz CT molecular complexity index is 459. The molecule has 1 saturated carbocycles. The zero-order chi connectivity index (χ0) is 8.84. The Labute approximate surface area is 80.5 Å². The molecule has 0 bridgehead atoms. The van der Waals surface area contributed by atoms with Crippen molar-refractivity contribution in [2.45, 2.75) is 18.8 Å². The summed E-state index contributed by atoms with van der Waals surface area (Å²) in [5.74, 6) is 1.36. The lowest BCUT2D eigenvalue weighted by molar-refractivity contribution is 0.533. The van der Waals surface area contributed by atoms with Crippen LogP contribution in [0.4, 0.5) is 0 Å². The van der Waals surface area contributed by atoms with Crippen LogP contribution in [0.2, 0.25) is 5.02 Å². The van der Waals surface area contributed by atoms with Gasteiger partial charge in [-0.2, -0.15) is 0 Å². The van der Waals surface area contributed by atoms with Gasteiger partial charge in [-0.3, -0.25) is 0 Å². The van der Waals surface area contributed by atoms with Gasteiger partial charge in [-0.15, -0.1) is 0 Å². The van der Waals surface area contributed by atoms with E-state index in [1.54, 1.807) is 12.1 Å². The first-order valence-corrected chi connectivity index (χ1v) is 4.68. The summed E-state index contributed by atoms with van der Waals surface area (Å²) in [7, 11) is 0. The monoisotopic (exact) mass is 192 g/mol. The predicted octanol–water partition coefficient (Wildman–Crippen LogP) is 3.16. The summed E-state index contributed by atoms with van der Waals surface area (Å²) < 4.78 is 5.56. The third-order valence-electron chi connectivity index (χ3n) is 2.24. The standard InChI is InChI=1S/C10H7ClNO/c11-7-2-1-3-8-9(7)13-10(12-8)6-4-5-6/h2-3,6H,4-5H2. The second-order valence-electron chi connectivity index (χ2n) is 3.34. The summed E-state index contributed by atoms with van der Waals surface area (Å²) in [5.41, 5.74) is 1.51. The number of aromatic nitrogens is 1. The normalized spacial score (nSPS) is 16.7. The number of rotatable bonds is 1. The van der Waals surface area contributed by atoms with Gasteiger partial charge in [0.25, 0.3) is 0 Å². The van der Waals surface area contributed by atoms with Gasteiger partial charge < -0.3 is 4.42 Å². The minimum atomic E-state index is 0.531. The molecule has 0 aliphatic heterocycles. The van der Waals surface area contributed by atoms with Crippen LogP contribution in [0.1, 0.15) is 24.7 Å². The quantitative estimate of drug-likeness (QED) is 0.694. The molecule has 2 nitrogen and oxygen atoms in total. The van der Waals surface area contributed by atoms with Gasteiger partial charge in [0.1, 0.15) is 5.52 Å². The lowest BCUT2D eigenvalue weighted by Gasteiger charge is -1.87. The molecule has 65 valence electrons. The summed E-state index contributed by atoms with van der Waals surface area (Å²) in [4.78, 5) is 4.35. The molecular weight excluding hydrogens is 186 g/mol. The van der Waals surface area contributed by atoms with Crippen molar-refractivity contribution in [3.63, 3.8) is 0 Å². The molecule has 1 fully saturated rings. The van der Waals surface area contributed by atoms with Crippen molar-refractivity contribution < 1.29 is 4.42 Å². The second kappa shape index (κ2) is 2.48. The molecule has 3 heteroatoms. The molecule has 1 aromatic carbocycles. The Morgan fingerprint density at radius 3 is 3.00 bits per heavy atom. The fourth-order valence-electron chi connectivity index (χ4n) is 1.38. The van der Waals surface area contributed by atoms with E-state index in [9.17, 15) is 0 Å². The summed E-state index contributed by atoms with van der Waals surface area (Å²) in [5, 5.41) is 0.594. The molecule has 0 saturated heterocycles. The maximum absolute atomic E-state index is 5.93. The number of nitrogens with zero attached hydrogens (tertiary/aromatic N) is 1. The van der Waals surface area contributed by atoms with E-state index in [1.165, 1.54) is 12.8 Å². The first kappa shape index (κ1) is 7.39. The zero-order valence-electron chi connectivity index (χ0n) is 6.88. The molecule has 1 aromatic heterocycles. The van der Waals surface area contributed by atoms with E-state index in [-0.39, 0.29) is 0 Å². The molecule has 1 aliphatic rings. The Kier molecular flexibility index (Phi) is 1.41. The van der Waals surface area contributed by atoms with Gasteiger partial charge in [0.15, 0.2) is 11.5 Å². The highest BCUT2D eigenvalue weighted by Gasteiger charge is 2.29. The largest absolute Gasteiger partial charge is 0.439 e. The van der Waals surface area contributed by atoms with E-state index in [1.807, 2.05) is 0 Å². The average Bonchev–Trinajstić information content (AvgIpc) is 2.87. The lowest BCUT2D eigenvalue weighted by atomic mass is 10.3. The van der Waals surface area contributed by atoms with Crippen LogP contribution in [-0.2, 0) is 0 Å². The topological polar surface area (TPSA) is 26.0 Å². The van der Waals surface area contributed by atoms with Crippen molar-refractivity contribution in [1.82, 2.24) is 4.98 Å². The molecule has 0 N–H and O–H groups in total. The molecule has 1 heterocycles. The Hall–Kier alpha value is -1.02. The highest BCUT2D eigenvalue weighted by atomic mass is 35.5. The minimum Gasteiger partial charge on any atom is -0.439 e. The summed E-state index contributed by atoms with van der Waals surface area (Å²) in [6, 6.07) is 6.42. The van der Waals surface area contributed by atoms with Gasteiger partial charge in [0.2, 0.25) is 0 Å². The first-order valence-electron chi connectivity index (χ1n) is 4.30. The van der Waals surface area contributed by atoms with Crippen LogP contribution >= 0.6 is 11.6 Å². The SMILES string of the molecule is Clc1c[c]cc2nc(C3CC3)oc12. The Morgan fingerprint density at radius 1 is 1.46 bits per heavy atom. The van der Waals surface area contributed by atoms with Gasteiger partial charge in [0.05, 0.1) is 5.02 Å². The maximum atomic E-state index is 5.93. The van der Waals surface area contributed by atoms with Gasteiger partial charge in [-0.05, 0) is 31.0 Å². The van der Waals surface area contributed by atoms with Gasteiger partial charge in [-0.25, -0.2) is 4.98 Å². The Balaban J connectivity index is 2.26. The molecule has 0 spiro atoms. The van der Waals surface area contributed by atoms with Crippen LogP contribution in [0.3, 0.4) is 0 Å². The van der Waals surface area contributed by atoms with E-state index in [4.69, 9.17) is 16.0 Å². The smallest absolute Gasteiger partial charge is 0.198 e. The average molecular weight is 193 g/mol. The molecular formula is C10H7ClNO. The maximum Gasteiger partial charge on any atom is 0.198 e. The molecule has 0 unspecified atom stereocenters. The summed E-state index contributed by atoms with van der Waals surface area (Å²) in [6.07, 6.45) is 2.38. The van der Waals surface area contributed by atoms with Crippen LogP contribution in [0, 0.1) is 6.07 Å². The highest BCUT2D eigenvalue weighted by Crippen LogP contribution is 2.41. The number of benzene rings is 1. The van der Waals surface area contributed by atoms with Gasteiger partial charge in [-0.1, -0.05) is 11.6 Å². The molecule has 13 heavy (non-hydrogen) atoms. The molecule has 3 rings (SSSR count). The number of hydrogen-bond donors (Lipinski definition) is 0. The molecule has 2 aromatic rings. The van der Waals surface area contributed by atoms with E-state index in [0.717, 1.165) is 11.4 Å². The molecule has 0 amide bonds. The summed E-state index contributed by atoms with van der Waals surface area (Å²) >= 11 is 5.93. The third kappa shape index (κ3) is 1.13. The number of fused-ring (bicyclic) bond motifs is 1. The van der Waals surface area contributed by atoms with Crippen LogP contribution in [0.15, 0.2) is 16.5 Å². The van der Waals surface area contributed by atoms with Crippen molar-refractivity contribution >= 4 is 22.7 Å². The second-order valence-corrected chi connectivity index (χ2v) is 3.75. The van der Waals surface area contributed by atoms with Crippen molar-refractivity contribution in [3.8, 4) is 0 Å². The van der Waals surface area contributed by atoms with Crippen molar-refractivity contribution in [3.05, 3.63) is 29.1 Å². The fourth-order valence-corrected chi connectivity index (χ4v) is 1.58. The molecule has 1 aliphatic carbocycles. The van der Waals surface area contributed by atoms with Crippen molar-refractivity contribution in [1.29, 1.82) is 0 Å². The third-order valence-corrected chi connectivity index (χ3v) is 2.52. The van der Waals surface area contributed by atoms with E-state index in [2.05, 4.69) is 11.1 Å². The van der Waals surface area contributed by atoms with Crippen LogP contribution in [0.25, 0.3) is 11.1 Å². The van der Waals surface area contributed by atoms with Crippen molar-refractivity contribution in [2.75, 3.05) is 0 Å². The van der Waals surface area contributed by atoms with Crippen LogP contribution in [0.5, 0.6) is 0 Å². The van der Waals surface area contributed by atoms with Crippen LogP contribution in [-0.4, -0.2) is 4.98 Å². The first-order chi connectivity index (χ1) is 6.34. The van der Waals surface area contributed by atoms with E-state index >= 15 is 0 Å². The van der Waals surface area contributed by atoms with Crippen molar-refractivity contribution in [2.24, 2.45) is 0 Å². The summed E-state index contributed by atoms with van der Waals surface area (Å²) in [6.45, 7) is 0. The van der Waals surface area contributed by atoms with Gasteiger partial charge >= 0.3 is 0 Å². The van der Waals surface area contributed by atoms with Gasteiger partial charge in [0, 0.05) is 5.92 Å². The molecule has 1 radical (unpaired) electrons. The minimum absolute atomic E-state index is 0.531. The highest BCUT2D eigenvalue weighted by molar-refractivity contribution is 6.34. The number of oxazole rings is 1.